The van der Waals surface area contributed by atoms with Crippen LogP contribution in [0.4, 0.5) is 0 Å². The van der Waals surface area contributed by atoms with Crippen LogP contribution in [0.25, 0.3) is 10.1 Å². The molecule has 0 radical (unpaired) electrons. The van der Waals surface area contributed by atoms with Gasteiger partial charge in [-0.15, -0.1) is 11.3 Å². The molecular weight excluding hydrogens is 468 g/mol. The molecule has 1 heterocycles. The smallest absolute Gasteiger partial charge is 0.107 e. The Balaban J connectivity index is 2.15. The van der Waals surface area contributed by atoms with Crippen LogP contribution in [0.15, 0.2) is 55.2 Å². The van der Waals surface area contributed by atoms with E-state index in [1.54, 1.807) is 11.3 Å². The minimum absolute atomic E-state index is 0.648. The average Bonchev–Trinajstić information content (AvgIpc) is 2.86. The van der Waals surface area contributed by atoms with E-state index < -0.39 is 6.10 Å². The zero-order valence-corrected chi connectivity index (χ0v) is 15.7. The molecule has 0 bridgehead atoms. The van der Waals surface area contributed by atoms with Gasteiger partial charge < -0.3 is 5.11 Å². The maximum absolute atomic E-state index is 10.7. The highest BCUT2D eigenvalue weighted by atomic mass is 79.9. The van der Waals surface area contributed by atoms with Gasteiger partial charge in [-0.05, 0) is 51.0 Å². The van der Waals surface area contributed by atoms with Gasteiger partial charge in [0, 0.05) is 29.2 Å². The molecule has 3 aromatic rings. The number of hydrogen-bond donors (Lipinski definition) is 1. The summed E-state index contributed by atoms with van der Waals surface area (Å²) in [6.45, 7) is 0. The van der Waals surface area contributed by atoms with Crippen molar-refractivity contribution in [2.24, 2.45) is 0 Å². The van der Waals surface area contributed by atoms with Crippen molar-refractivity contribution < 1.29 is 5.11 Å². The van der Waals surface area contributed by atoms with Gasteiger partial charge in [0.25, 0.3) is 0 Å². The number of rotatable bonds is 2. The predicted octanol–water partition coefficient (Wildman–Crippen LogP) is 6.27. The highest BCUT2D eigenvalue weighted by Gasteiger charge is 2.18. The molecule has 0 fully saturated rings. The minimum atomic E-state index is -0.648. The van der Waals surface area contributed by atoms with Crippen molar-refractivity contribution in [3.8, 4) is 0 Å². The van der Waals surface area contributed by atoms with E-state index in [-0.39, 0.29) is 0 Å². The second-order valence-electron chi connectivity index (χ2n) is 4.38. The van der Waals surface area contributed by atoms with Gasteiger partial charge in [-0.2, -0.15) is 0 Å². The summed E-state index contributed by atoms with van der Waals surface area (Å²) in [6.07, 6.45) is -0.648. The molecule has 0 saturated carbocycles. The Bertz CT molecular complexity index is 782. The van der Waals surface area contributed by atoms with Crippen molar-refractivity contribution in [3.05, 3.63) is 66.3 Å². The molecule has 0 aliphatic carbocycles. The van der Waals surface area contributed by atoms with E-state index in [0.717, 1.165) is 34.6 Å². The topological polar surface area (TPSA) is 20.2 Å². The summed E-state index contributed by atoms with van der Waals surface area (Å²) in [5.41, 5.74) is 1.80. The van der Waals surface area contributed by atoms with Crippen LogP contribution < -0.4 is 0 Å². The van der Waals surface area contributed by atoms with Crippen molar-refractivity contribution in [1.82, 2.24) is 0 Å². The third-order valence-electron chi connectivity index (χ3n) is 3.13. The van der Waals surface area contributed by atoms with Gasteiger partial charge in [0.05, 0.1) is 0 Å². The standard InChI is InChI=1S/C15H9Br3OS/c16-8-4-5-12(17)10(6-8)14(19)11-7-20-15-9(11)2-1-3-13(15)18/h1-7,14,19H. The van der Waals surface area contributed by atoms with Gasteiger partial charge in [0.1, 0.15) is 6.10 Å². The molecule has 1 unspecified atom stereocenters. The lowest BCUT2D eigenvalue weighted by atomic mass is 10.0. The van der Waals surface area contributed by atoms with Crippen LogP contribution in [0, 0.1) is 0 Å². The Morgan fingerprint density at radius 1 is 0.950 bits per heavy atom. The fraction of sp³-hybridized carbons (Fsp3) is 0.0667. The van der Waals surface area contributed by atoms with Gasteiger partial charge in [0.15, 0.2) is 0 Å². The van der Waals surface area contributed by atoms with Crippen LogP contribution in [0.1, 0.15) is 17.2 Å². The third kappa shape index (κ3) is 2.62. The number of benzene rings is 2. The maximum Gasteiger partial charge on any atom is 0.107 e. The van der Waals surface area contributed by atoms with Crippen LogP contribution in [-0.2, 0) is 0 Å². The highest BCUT2D eigenvalue weighted by Crippen LogP contribution is 2.39. The lowest BCUT2D eigenvalue weighted by Gasteiger charge is -2.13. The quantitative estimate of drug-likeness (QED) is 0.462. The number of halogens is 3. The monoisotopic (exact) mass is 474 g/mol. The lowest BCUT2D eigenvalue weighted by Crippen LogP contribution is -1.99. The van der Waals surface area contributed by atoms with Crippen molar-refractivity contribution in [1.29, 1.82) is 0 Å². The van der Waals surface area contributed by atoms with Crippen LogP contribution in [0.5, 0.6) is 0 Å². The number of hydrogen-bond acceptors (Lipinski definition) is 2. The van der Waals surface area contributed by atoms with Crippen LogP contribution in [-0.4, -0.2) is 5.11 Å². The Morgan fingerprint density at radius 3 is 2.55 bits per heavy atom. The van der Waals surface area contributed by atoms with E-state index in [9.17, 15) is 5.11 Å². The number of fused-ring (bicyclic) bond motifs is 1. The van der Waals surface area contributed by atoms with E-state index in [1.807, 2.05) is 41.8 Å². The molecule has 20 heavy (non-hydrogen) atoms. The first-order valence-electron chi connectivity index (χ1n) is 5.86. The molecule has 1 atom stereocenters. The van der Waals surface area contributed by atoms with E-state index >= 15 is 0 Å². The van der Waals surface area contributed by atoms with Gasteiger partial charge in [-0.25, -0.2) is 0 Å². The fourth-order valence-electron chi connectivity index (χ4n) is 2.15. The largest absolute Gasteiger partial charge is 0.384 e. The van der Waals surface area contributed by atoms with Gasteiger partial charge in [-0.3, -0.25) is 0 Å². The first kappa shape index (κ1) is 14.7. The summed E-state index contributed by atoms with van der Waals surface area (Å²) < 4.78 is 4.08. The van der Waals surface area contributed by atoms with Crippen molar-refractivity contribution in [2.45, 2.75) is 6.10 Å². The zero-order chi connectivity index (χ0) is 14.3. The molecule has 0 aliphatic rings. The molecule has 1 N–H and O–H groups in total. The molecule has 3 rings (SSSR count). The molecular formula is C15H9Br3OS. The Labute approximate surface area is 146 Å². The normalized spacial score (nSPS) is 12.8. The molecule has 2 aromatic carbocycles. The first-order valence-corrected chi connectivity index (χ1v) is 9.12. The SMILES string of the molecule is OC(c1cc(Br)ccc1Br)c1csc2c(Br)cccc12. The second-order valence-corrected chi connectivity index (χ2v) is 7.88. The van der Waals surface area contributed by atoms with Crippen molar-refractivity contribution in [3.63, 3.8) is 0 Å². The van der Waals surface area contributed by atoms with E-state index in [0.29, 0.717) is 0 Å². The molecule has 102 valence electrons. The van der Waals surface area contributed by atoms with E-state index in [4.69, 9.17) is 0 Å². The molecule has 0 amide bonds. The summed E-state index contributed by atoms with van der Waals surface area (Å²) >= 11 is 12.2. The molecule has 1 nitrogen and oxygen atoms in total. The van der Waals surface area contributed by atoms with Crippen LogP contribution in [0.3, 0.4) is 0 Å². The van der Waals surface area contributed by atoms with Crippen LogP contribution in [0.2, 0.25) is 0 Å². The lowest BCUT2D eigenvalue weighted by molar-refractivity contribution is 0.221. The first-order chi connectivity index (χ1) is 9.58. The zero-order valence-electron chi connectivity index (χ0n) is 10.1. The fourth-order valence-corrected chi connectivity index (χ4v) is 4.63. The molecule has 5 heteroatoms. The highest BCUT2D eigenvalue weighted by molar-refractivity contribution is 9.11. The van der Waals surface area contributed by atoms with Crippen molar-refractivity contribution in [2.75, 3.05) is 0 Å². The number of aliphatic hydroxyl groups excluding tert-OH is 1. The summed E-state index contributed by atoms with van der Waals surface area (Å²) in [7, 11) is 0. The van der Waals surface area contributed by atoms with E-state index in [1.165, 1.54) is 0 Å². The van der Waals surface area contributed by atoms with Crippen LogP contribution >= 0.6 is 59.1 Å². The predicted molar refractivity (Wildman–Crippen MR) is 95.4 cm³/mol. The third-order valence-corrected chi connectivity index (χ3v) is 6.31. The summed E-state index contributed by atoms with van der Waals surface area (Å²) in [5.74, 6) is 0. The van der Waals surface area contributed by atoms with E-state index in [2.05, 4.69) is 47.8 Å². The Hall–Kier alpha value is -0.200. The molecule has 0 saturated heterocycles. The van der Waals surface area contributed by atoms with Crippen molar-refractivity contribution >= 4 is 69.2 Å². The van der Waals surface area contributed by atoms with Gasteiger partial charge in [-0.1, -0.05) is 44.0 Å². The summed E-state index contributed by atoms with van der Waals surface area (Å²) in [6, 6.07) is 11.9. The Kier molecular flexibility index (Phi) is 4.34. The minimum Gasteiger partial charge on any atom is -0.384 e. The molecule has 1 aromatic heterocycles. The molecule has 0 spiro atoms. The average molecular weight is 477 g/mol. The van der Waals surface area contributed by atoms with Gasteiger partial charge >= 0.3 is 0 Å². The number of aliphatic hydroxyl groups is 1. The maximum atomic E-state index is 10.7. The number of thiophene rings is 1. The summed E-state index contributed by atoms with van der Waals surface area (Å²) in [4.78, 5) is 0. The second kappa shape index (κ2) is 5.89. The Morgan fingerprint density at radius 2 is 1.75 bits per heavy atom. The summed E-state index contributed by atoms with van der Waals surface area (Å²) in [5, 5.41) is 13.8. The molecule has 0 aliphatic heterocycles. The van der Waals surface area contributed by atoms with Gasteiger partial charge in [0.2, 0.25) is 0 Å².